The van der Waals surface area contributed by atoms with Gasteiger partial charge in [-0.25, -0.2) is 0 Å². The van der Waals surface area contributed by atoms with Gasteiger partial charge in [0.05, 0.1) is 11.4 Å². The largest absolute Gasteiger partial charge is 0.358 e. The van der Waals surface area contributed by atoms with Crippen molar-refractivity contribution in [3.63, 3.8) is 0 Å². The molecule has 1 fully saturated rings. The van der Waals surface area contributed by atoms with Crippen LogP contribution in [-0.2, 0) is 6.54 Å². The Morgan fingerprint density at radius 1 is 1.32 bits per heavy atom. The number of piperidine rings is 1. The van der Waals surface area contributed by atoms with Gasteiger partial charge in [-0.15, -0.1) is 0 Å². The summed E-state index contributed by atoms with van der Waals surface area (Å²) in [5.41, 5.74) is 5.36. The second kappa shape index (κ2) is 5.25. The van der Waals surface area contributed by atoms with E-state index in [2.05, 4.69) is 53.8 Å². The van der Waals surface area contributed by atoms with E-state index in [0.29, 0.717) is 6.04 Å². The van der Waals surface area contributed by atoms with Gasteiger partial charge in [-0.3, -0.25) is 0 Å². The van der Waals surface area contributed by atoms with Gasteiger partial charge >= 0.3 is 0 Å². The maximum atomic E-state index is 3.47. The summed E-state index contributed by atoms with van der Waals surface area (Å²) in [6.45, 7) is 6.45. The van der Waals surface area contributed by atoms with Gasteiger partial charge in [0, 0.05) is 31.0 Å². The summed E-state index contributed by atoms with van der Waals surface area (Å²) in [5.74, 6) is 0. The van der Waals surface area contributed by atoms with Crippen LogP contribution in [0.3, 0.4) is 0 Å². The van der Waals surface area contributed by atoms with E-state index in [-0.39, 0.29) is 0 Å². The highest BCUT2D eigenvalue weighted by Gasteiger charge is 2.22. The Kier molecular flexibility index (Phi) is 3.47. The molecule has 0 aliphatic carbocycles. The molecule has 1 saturated heterocycles. The van der Waals surface area contributed by atoms with Crippen LogP contribution in [0.25, 0.3) is 0 Å². The molecular weight excluding hydrogens is 234 g/mol. The number of benzene rings is 1. The van der Waals surface area contributed by atoms with Gasteiger partial charge in [-0.05, 0) is 37.0 Å². The van der Waals surface area contributed by atoms with Crippen molar-refractivity contribution in [3.05, 3.63) is 35.7 Å². The number of nitrogens with zero attached hydrogens (tertiary/aromatic N) is 1. The Bertz CT molecular complexity index is 491. The molecule has 0 aromatic heterocycles. The van der Waals surface area contributed by atoms with Crippen LogP contribution in [0.4, 0.5) is 11.4 Å². The van der Waals surface area contributed by atoms with Crippen LogP contribution in [-0.4, -0.2) is 12.6 Å². The third-order valence-corrected chi connectivity index (χ3v) is 3.87. The summed E-state index contributed by atoms with van der Waals surface area (Å²) in [4.78, 5) is 2.47. The molecule has 0 spiro atoms. The molecule has 0 atom stereocenters. The molecule has 0 radical (unpaired) electrons. The van der Waals surface area contributed by atoms with Crippen LogP contribution in [0.15, 0.2) is 30.1 Å². The third-order valence-electron chi connectivity index (χ3n) is 3.87. The lowest BCUT2D eigenvalue weighted by molar-refractivity contribution is 0.588. The first-order valence-corrected chi connectivity index (χ1v) is 7.33. The number of hydrogen-bond donors (Lipinski definition) is 2. The van der Waals surface area contributed by atoms with E-state index >= 15 is 0 Å². The highest BCUT2D eigenvalue weighted by Crippen LogP contribution is 2.37. The standard InChI is InChI=1S/C16H23N3/c1-12(2)17-10-13-6-7-16-15(9-13)18-11-14-5-3-4-8-19(14)16/h6-7,9,11-12,17-18H,3-5,8,10H2,1-2H3. The van der Waals surface area contributed by atoms with Gasteiger partial charge < -0.3 is 15.5 Å². The number of allylic oxidation sites excluding steroid dienone is 1. The number of nitrogens with one attached hydrogen (secondary N) is 2. The predicted octanol–water partition coefficient (Wildman–Crippen LogP) is 3.44. The lowest BCUT2D eigenvalue weighted by Crippen LogP contribution is -2.31. The Morgan fingerprint density at radius 3 is 3.05 bits per heavy atom. The second-order valence-electron chi connectivity index (χ2n) is 5.78. The maximum Gasteiger partial charge on any atom is 0.0648 e. The Hall–Kier alpha value is -1.48. The van der Waals surface area contributed by atoms with Gasteiger partial charge in [0.1, 0.15) is 0 Å². The minimum absolute atomic E-state index is 0.526. The molecule has 0 saturated carbocycles. The van der Waals surface area contributed by atoms with Crippen molar-refractivity contribution in [3.8, 4) is 0 Å². The lowest BCUT2D eigenvalue weighted by atomic mass is 10.0. The van der Waals surface area contributed by atoms with E-state index in [9.17, 15) is 0 Å². The fraction of sp³-hybridized carbons (Fsp3) is 0.500. The molecule has 3 rings (SSSR count). The highest BCUT2D eigenvalue weighted by atomic mass is 15.2. The second-order valence-corrected chi connectivity index (χ2v) is 5.78. The SMILES string of the molecule is CC(C)NCc1ccc2c(c1)NC=C1CCCCN12. The predicted molar refractivity (Wildman–Crippen MR) is 81.3 cm³/mol. The quantitative estimate of drug-likeness (QED) is 0.868. The summed E-state index contributed by atoms with van der Waals surface area (Å²) < 4.78 is 0. The van der Waals surface area contributed by atoms with E-state index in [0.717, 1.165) is 13.1 Å². The molecule has 2 aliphatic heterocycles. The van der Waals surface area contributed by atoms with Crippen molar-refractivity contribution in [1.82, 2.24) is 5.32 Å². The molecule has 3 heteroatoms. The van der Waals surface area contributed by atoms with Crippen LogP contribution < -0.4 is 15.5 Å². The fourth-order valence-electron chi connectivity index (χ4n) is 2.81. The average Bonchev–Trinajstić information content (AvgIpc) is 2.44. The first-order valence-electron chi connectivity index (χ1n) is 7.33. The van der Waals surface area contributed by atoms with Gasteiger partial charge in [0.2, 0.25) is 0 Å². The molecule has 0 bridgehead atoms. The molecule has 2 heterocycles. The molecule has 0 amide bonds. The minimum atomic E-state index is 0.526. The topological polar surface area (TPSA) is 27.3 Å². The minimum Gasteiger partial charge on any atom is -0.358 e. The Balaban J connectivity index is 1.81. The number of hydrogen-bond acceptors (Lipinski definition) is 3. The van der Waals surface area contributed by atoms with Crippen molar-refractivity contribution in [2.24, 2.45) is 0 Å². The summed E-state index contributed by atoms with van der Waals surface area (Å²) in [7, 11) is 0. The van der Waals surface area contributed by atoms with Crippen LogP contribution in [0.5, 0.6) is 0 Å². The van der Waals surface area contributed by atoms with E-state index < -0.39 is 0 Å². The van der Waals surface area contributed by atoms with E-state index in [4.69, 9.17) is 0 Å². The lowest BCUT2D eigenvalue weighted by Gasteiger charge is -2.36. The molecule has 2 N–H and O–H groups in total. The van der Waals surface area contributed by atoms with Crippen molar-refractivity contribution >= 4 is 11.4 Å². The zero-order valence-corrected chi connectivity index (χ0v) is 11.9. The van der Waals surface area contributed by atoms with Crippen molar-refractivity contribution in [2.45, 2.75) is 45.7 Å². The number of fused-ring (bicyclic) bond motifs is 3. The molecule has 2 aliphatic rings. The first-order chi connectivity index (χ1) is 9.24. The number of anilines is 2. The average molecular weight is 257 g/mol. The highest BCUT2D eigenvalue weighted by molar-refractivity contribution is 5.77. The summed E-state index contributed by atoms with van der Waals surface area (Å²) in [5, 5.41) is 6.93. The Labute approximate surface area is 115 Å². The zero-order chi connectivity index (χ0) is 13.2. The molecule has 102 valence electrons. The monoisotopic (exact) mass is 257 g/mol. The van der Waals surface area contributed by atoms with E-state index in [1.165, 1.54) is 41.9 Å². The first kappa shape index (κ1) is 12.5. The molecule has 1 aromatic carbocycles. The van der Waals surface area contributed by atoms with Crippen LogP contribution in [0, 0.1) is 0 Å². The van der Waals surface area contributed by atoms with Crippen molar-refractivity contribution in [2.75, 3.05) is 16.8 Å². The fourth-order valence-corrected chi connectivity index (χ4v) is 2.81. The molecule has 1 aromatic rings. The van der Waals surface area contributed by atoms with Gasteiger partial charge in [0.25, 0.3) is 0 Å². The molecule has 3 nitrogen and oxygen atoms in total. The van der Waals surface area contributed by atoms with Gasteiger partial charge in [0.15, 0.2) is 0 Å². The zero-order valence-electron chi connectivity index (χ0n) is 11.9. The third kappa shape index (κ3) is 2.61. The van der Waals surface area contributed by atoms with E-state index in [1.54, 1.807) is 0 Å². The van der Waals surface area contributed by atoms with Gasteiger partial charge in [-0.2, -0.15) is 0 Å². The summed E-state index contributed by atoms with van der Waals surface area (Å²) in [6.07, 6.45) is 5.99. The van der Waals surface area contributed by atoms with Crippen molar-refractivity contribution < 1.29 is 0 Å². The number of rotatable bonds is 3. The van der Waals surface area contributed by atoms with Crippen molar-refractivity contribution in [1.29, 1.82) is 0 Å². The smallest absolute Gasteiger partial charge is 0.0648 e. The molecular formula is C16H23N3. The van der Waals surface area contributed by atoms with Gasteiger partial charge in [-0.1, -0.05) is 19.9 Å². The summed E-state index contributed by atoms with van der Waals surface area (Å²) >= 11 is 0. The molecule has 19 heavy (non-hydrogen) atoms. The van der Waals surface area contributed by atoms with Crippen LogP contribution in [0.1, 0.15) is 38.7 Å². The molecule has 0 unspecified atom stereocenters. The van der Waals surface area contributed by atoms with E-state index in [1.807, 2.05) is 0 Å². The maximum absolute atomic E-state index is 3.47. The van der Waals surface area contributed by atoms with Crippen LogP contribution in [0.2, 0.25) is 0 Å². The summed E-state index contributed by atoms with van der Waals surface area (Å²) in [6, 6.07) is 7.30. The van der Waals surface area contributed by atoms with Crippen LogP contribution >= 0.6 is 0 Å². The normalized spacial score (nSPS) is 17.6. The Morgan fingerprint density at radius 2 is 2.21 bits per heavy atom.